The molecule has 4 rings (SSSR count). The second-order valence-corrected chi connectivity index (χ2v) is 6.92. The van der Waals surface area contributed by atoms with Crippen LogP contribution in [0.25, 0.3) is 0 Å². The number of allylic oxidation sites excluding steroid dienone is 1. The van der Waals surface area contributed by atoms with Crippen molar-refractivity contribution in [3.05, 3.63) is 23.8 Å². The largest absolute Gasteiger partial charge is 0.494 e. The molecule has 1 aliphatic heterocycles. The van der Waals surface area contributed by atoms with Gasteiger partial charge in [0, 0.05) is 29.0 Å². The Hall–Kier alpha value is -1.42. The van der Waals surface area contributed by atoms with Gasteiger partial charge in [-0.15, -0.1) is 6.58 Å². The van der Waals surface area contributed by atoms with Crippen molar-refractivity contribution in [1.82, 2.24) is 4.57 Å². The first-order chi connectivity index (χ1) is 9.51. The number of fused-ring (bicyclic) bond motifs is 8. The Kier molecular flexibility index (Phi) is 2.23. The average Bonchev–Trinajstić information content (AvgIpc) is 2.99. The number of hydrogen-bond acceptors (Lipinski definition) is 3. The van der Waals surface area contributed by atoms with Gasteiger partial charge >= 0.3 is 0 Å². The van der Waals surface area contributed by atoms with Crippen LogP contribution in [0.4, 0.5) is 0 Å². The summed E-state index contributed by atoms with van der Waals surface area (Å²) < 4.78 is 7.42. The van der Waals surface area contributed by atoms with E-state index in [2.05, 4.69) is 20.4 Å². The summed E-state index contributed by atoms with van der Waals surface area (Å²) in [6.07, 6.45) is 4.21. The fourth-order valence-electron chi connectivity index (χ4n) is 4.80. The molecule has 2 N–H and O–H groups in total. The van der Waals surface area contributed by atoms with Crippen molar-refractivity contribution in [2.24, 2.45) is 5.92 Å². The molecule has 20 heavy (non-hydrogen) atoms. The predicted molar refractivity (Wildman–Crippen MR) is 75.1 cm³/mol. The van der Waals surface area contributed by atoms with Gasteiger partial charge in [-0.25, -0.2) is 0 Å². The van der Waals surface area contributed by atoms with E-state index < -0.39 is 0 Å². The average molecular weight is 275 g/mol. The van der Waals surface area contributed by atoms with Crippen LogP contribution in [0.1, 0.15) is 43.7 Å². The molecule has 2 fully saturated rings. The Bertz CT molecular complexity index is 603. The lowest BCUT2D eigenvalue weighted by molar-refractivity contribution is 0.204. The van der Waals surface area contributed by atoms with Crippen LogP contribution in [0.3, 0.4) is 0 Å². The highest BCUT2D eigenvalue weighted by Gasteiger charge is 2.72. The van der Waals surface area contributed by atoms with E-state index >= 15 is 0 Å². The molecule has 4 unspecified atom stereocenters. The van der Waals surface area contributed by atoms with E-state index in [1.165, 1.54) is 0 Å². The Morgan fingerprint density at radius 1 is 1.45 bits per heavy atom. The maximum absolute atomic E-state index is 10.6. The molecule has 0 amide bonds. The molecule has 3 aliphatic rings. The molecular formula is C16H21NO3. The third-order valence-electron chi connectivity index (χ3n) is 5.25. The van der Waals surface area contributed by atoms with Gasteiger partial charge < -0.3 is 14.9 Å². The van der Waals surface area contributed by atoms with Crippen molar-refractivity contribution in [3.8, 4) is 11.8 Å². The van der Waals surface area contributed by atoms with Gasteiger partial charge in [-0.1, -0.05) is 19.9 Å². The van der Waals surface area contributed by atoms with E-state index in [0.717, 1.165) is 24.0 Å². The minimum absolute atomic E-state index is 0.0905. The molecule has 108 valence electrons. The monoisotopic (exact) mass is 275 g/mol. The van der Waals surface area contributed by atoms with Crippen LogP contribution in [0.15, 0.2) is 12.7 Å². The maximum atomic E-state index is 10.6. The smallest absolute Gasteiger partial charge is 0.198 e. The molecule has 2 heterocycles. The van der Waals surface area contributed by atoms with E-state index in [-0.39, 0.29) is 35.3 Å². The Balaban J connectivity index is 1.90. The van der Waals surface area contributed by atoms with Crippen molar-refractivity contribution in [3.63, 3.8) is 0 Å². The van der Waals surface area contributed by atoms with Gasteiger partial charge in [0.2, 0.25) is 0 Å². The summed E-state index contributed by atoms with van der Waals surface area (Å²) in [4.78, 5) is 0. The highest BCUT2D eigenvalue weighted by Crippen LogP contribution is 2.71. The van der Waals surface area contributed by atoms with Crippen LogP contribution < -0.4 is 0 Å². The fraction of sp³-hybridized carbons (Fsp3) is 0.625. The maximum Gasteiger partial charge on any atom is 0.198 e. The molecule has 4 atom stereocenters. The first kappa shape index (κ1) is 12.3. The van der Waals surface area contributed by atoms with Gasteiger partial charge in [-0.05, 0) is 18.8 Å². The third-order valence-corrected chi connectivity index (χ3v) is 5.25. The first-order valence-electron chi connectivity index (χ1n) is 7.42. The quantitative estimate of drug-likeness (QED) is 0.656. The number of nitrogens with zero attached hydrogens (tertiary/aromatic N) is 1. The number of hydrogen-bond donors (Lipinski definition) is 2. The Morgan fingerprint density at radius 2 is 2.20 bits per heavy atom. The summed E-state index contributed by atoms with van der Waals surface area (Å²) in [7, 11) is 0. The number of aromatic hydroxyl groups is 2. The lowest BCUT2D eigenvalue weighted by Gasteiger charge is -2.29. The van der Waals surface area contributed by atoms with Crippen LogP contribution in [-0.4, -0.2) is 27.0 Å². The lowest BCUT2D eigenvalue weighted by Crippen LogP contribution is -2.30. The van der Waals surface area contributed by atoms with Crippen LogP contribution in [-0.2, 0) is 16.7 Å². The molecule has 1 saturated heterocycles. The van der Waals surface area contributed by atoms with Crippen molar-refractivity contribution in [1.29, 1.82) is 0 Å². The van der Waals surface area contributed by atoms with E-state index in [1.54, 1.807) is 10.6 Å². The first-order valence-corrected chi connectivity index (χ1v) is 7.42. The Morgan fingerprint density at radius 3 is 2.85 bits per heavy atom. The van der Waals surface area contributed by atoms with Gasteiger partial charge in [0.25, 0.3) is 0 Å². The van der Waals surface area contributed by atoms with Crippen molar-refractivity contribution >= 4 is 0 Å². The fourth-order valence-corrected chi connectivity index (χ4v) is 4.80. The van der Waals surface area contributed by atoms with Gasteiger partial charge in [-0.3, -0.25) is 4.57 Å². The summed E-state index contributed by atoms with van der Waals surface area (Å²) in [5.41, 5.74) is 1.80. The summed E-state index contributed by atoms with van der Waals surface area (Å²) in [5.74, 6) is 1.22. The summed E-state index contributed by atoms with van der Waals surface area (Å²) in [6, 6.07) is 0. The second-order valence-electron chi connectivity index (χ2n) is 6.92. The van der Waals surface area contributed by atoms with Crippen molar-refractivity contribution in [2.45, 2.75) is 56.8 Å². The molecule has 0 spiro atoms. The molecule has 1 aromatic heterocycles. The van der Waals surface area contributed by atoms with Crippen molar-refractivity contribution < 1.29 is 14.9 Å². The standard InChI is InChI=1S/C16H21NO3/c1-4-5-17-14(18)10-9-7-16(6-8(2)3,11(10)15(17)19)13-12(9)20-13/h4,8-9,12-13,18-19H,1,5-7H2,2-3H3. The molecule has 1 aromatic rings. The van der Waals surface area contributed by atoms with E-state index in [1.807, 2.05) is 0 Å². The predicted octanol–water partition coefficient (Wildman–Crippen LogP) is 2.64. The highest BCUT2D eigenvalue weighted by molar-refractivity contribution is 5.61. The summed E-state index contributed by atoms with van der Waals surface area (Å²) in [5, 5.41) is 21.1. The highest BCUT2D eigenvalue weighted by atomic mass is 16.6. The van der Waals surface area contributed by atoms with E-state index in [0.29, 0.717) is 12.5 Å². The Labute approximate surface area is 118 Å². The summed E-state index contributed by atoms with van der Waals surface area (Å²) in [6.45, 7) is 8.54. The van der Waals surface area contributed by atoms with Crippen LogP contribution in [0.5, 0.6) is 11.8 Å². The zero-order valence-corrected chi connectivity index (χ0v) is 12.0. The topological polar surface area (TPSA) is 57.9 Å². The molecule has 1 saturated carbocycles. The number of aromatic nitrogens is 1. The zero-order valence-electron chi connectivity index (χ0n) is 12.0. The van der Waals surface area contributed by atoms with E-state index in [9.17, 15) is 10.2 Å². The molecule has 0 radical (unpaired) electrons. The molecule has 4 heteroatoms. The van der Waals surface area contributed by atoms with Gasteiger partial charge in [0.1, 0.15) is 0 Å². The van der Waals surface area contributed by atoms with Crippen molar-refractivity contribution in [2.75, 3.05) is 0 Å². The molecule has 4 nitrogen and oxygen atoms in total. The molecule has 0 aromatic carbocycles. The zero-order chi connectivity index (χ0) is 14.2. The summed E-state index contributed by atoms with van der Waals surface area (Å²) >= 11 is 0. The van der Waals surface area contributed by atoms with Gasteiger partial charge in [0.15, 0.2) is 11.8 Å². The van der Waals surface area contributed by atoms with E-state index in [4.69, 9.17) is 4.74 Å². The van der Waals surface area contributed by atoms with Gasteiger partial charge in [0.05, 0.1) is 12.2 Å². The minimum Gasteiger partial charge on any atom is -0.494 e. The van der Waals surface area contributed by atoms with Crippen LogP contribution in [0, 0.1) is 5.92 Å². The molecule has 2 bridgehead atoms. The molecule has 2 aliphatic carbocycles. The lowest BCUT2D eigenvalue weighted by atomic mass is 9.74. The molecular weight excluding hydrogens is 254 g/mol. The van der Waals surface area contributed by atoms with Crippen LogP contribution in [0.2, 0.25) is 0 Å². The normalized spacial score (nSPS) is 36.2. The minimum atomic E-state index is -0.0905. The van der Waals surface area contributed by atoms with Gasteiger partial charge in [-0.2, -0.15) is 0 Å². The number of rotatable bonds is 4. The SMILES string of the molecule is C=CCn1c(O)c2c(c1O)C1(CC(C)C)CC2C2OC21. The third kappa shape index (κ3) is 1.21. The second kappa shape index (κ2) is 3.61. The van der Waals surface area contributed by atoms with Crippen LogP contribution >= 0.6 is 0 Å². The number of epoxide rings is 1. The number of ether oxygens (including phenoxy) is 1.